The summed E-state index contributed by atoms with van der Waals surface area (Å²) >= 11 is 1.43. The lowest BCUT2D eigenvalue weighted by Crippen LogP contribution is -2.47. The summed E-state index contributed by atoms with van der Waals surface area (Å²) in [5.41, 5.74) is 0.763. The molecular weight excluding hydrogens is 326 g/mol. The summed E-state index contributed by atoms with van der Waals surface area (Å²) < 4.78 is 23.4. The van der Waals surface area contributed by atoms with E-state index >= 15 is 0 Å². The van der Waals surface area contributed by atoms with E-state index in [1.54, 1.807) is 13.0 Å². The first-order valence-corrected chi connectivity index (χ1v) is 9.87. The number of aliphatic carboxylic acids is 1. The van der Waals surface area contributed by atoms with Crippen molar-refractivity contribution in [3.63, 3.8) is 0 Å². The Morgan fingerprint density at radius 3 is 2.77 bits per heavy atom. The molecule has 8 heteroatoms. The molecule has 0 aromatic carbocycles. The van der Waals surface area contributed by atoms with Gasteiger partial charge in [-0.05, 0) is 28.8 Å². The second kappa shape index (κ2) is 6.78. The van der Waals surface area contributed by atoms with Crippen LogP contribution in [0.4, 0.5) is 0 Å². The molecule has 22 heavy (non-hydrogen) atoms. The number of hydrogen-bond donors (Lipinski definition) is 1. The number of likely N-dealkylation sites (tertiary alicyclic amines) is 1. The second-order valence-corrected chi connectivity index (χ2v) is 8.56. The van der Waals surface area contributed by atoms with Crippen molar-refractivity contribution in [1.82, 2.24) is 4.90 Å². The molecule has 2 heterocycles. The summed E-state index contributed by atoms with van der Waals surface area (Å²) in [7, 11) is -3.21. The predicted molar refractivity (Wildman–Crippen MR) is 83.5 cm³/mol. The van der Waals surface area contributed by atoms with Crippen LogP contribution in [0.2, 0.25) is 0 Å². The average molecular weight is 345 g/mol. The van der Waals surface area contributed by atoms with E-state index in [-0.39, 0.29) is 36.8 Å². The molecule has 2 atom stereocenters. The Labute approximate surface area is 133 Å². The molecule has 1 fully saturated rings. The quantitative estimate of drug-likeness (QED) is 0.844. The number of rotatable bonds is 6. The number of carboxylic acids is 1. The zero-order valence-electron chi connectivity index (χ0n) is 12.3. The number of sulfone groups is 1. The summed E-state index contributed by atoms with van der Waals surface area (Å²) in [5, 5.41) is 13.1. The maximum atomic E-state index is 12.2. The molecule has 0 radical (unpaired) electrons. The van der Waals surface area contributed by atoms with E-state index in [1.807, 2.05) is 10.8 Å². The number of hydrogen-bond acceptors (Lipinski definition) is 5. The van der Waals surface area contributed by atoms with Gasteiger partial charge in [0, 0.05) is 18.7 Å². The Kier molecular flexibility index (Phi) is 5.23. The average Bonchev–Trinajstić information content (AvgIpc) is 2.99. The maximum absolute atomic E-state index is 12.2. The van der Waals surface area contributed by atoms with Gasteiger partial charge in [0.15, 0.2) is 9.84 Å². The molecule has 6 nitrogen and oxygen atoms in total. The maximum Gasteiger partial charge on any atom is 0.308 e. The van der Waals surface area contributed by atoms with Gasteiger partial charge in [-0.3, -0.25) is 9.59 Å². The second-order valence-electron chi connectivity index (χ2n) is 5.31. The Hall–Kier alpha value is -1.41. The number of thiophene rings is 1. The lowest BCUT2D eigenvalue weighted by atomic mass is 9.85. The minimum absolute atomic E-state index is 0.0144. The van der Waals surface area contributed by atoms with Crippen LogP contribution in [0.1, 0.15) is 31.4 Å². The van der Waals surface area contributed by atoms with Gasteiger partial charge in [-0.1, -0.05) is 6.92 Å². The van der Waals surface area contributed by atoms with Crippen LogP contribution in [-0.2, 0) is 19.4 Å². The molecule has 1 N–H and O–H groups in total. The van der Waals surface area contributed by atoms with Crippen LogP contribution >= 0.6 is 11.3 Å². The van der Waals surface area contributed by atoms with Crippen LogP contribution in [0.3, 0.4) is 0 Å². The van der Waals surface area contributed by atoms with Gasteiger partial charge in [0.2, 0.25) is 5.91 Å². The highest BCUT2D eigenvalue weighted by atomic mass is 32.2. The van der Waals surface area contributed by atoms with Gasteiger partial charge in [-0.2, -0.15) is 11.3 Å². The minimum Gasteiger partial charge on any atom is -0.481 e. The molecule has 1 saturated heterocycles. The van der Waals surface area contributed by atoms with Crippen molar-refractivity contribution < 1.29 is 23.1 Å². The van der Waals surface area contributed by atoms with E-state index in [0.29, 0.717) is 0 Å². The smallest absolute Gasteiger partial charge is 0.308 e. The van der Waals surface area contributed by atoms with Gasteiger partial charge < -0.3 is 10.0 Å². The first kappa shape index (κ1) is 17.0. The number of carboxylic acid groups (broad SMARTS) is 1. The third-order valence-corrected chi connectivity index (χ3v) is 6.38. The predicted octanol–water partition coefficient (Wildman–Crippen LogP) is 1.55. The number of carbonyl (C=O) groups excluding carboxylic acids is 1. The Bertz CT molecular complexity index is 638. The molecule has 0 saturated carbocycles. The van der Waals surface area contributed by atoms with Crippen molar-refractivity contribution in [2.75, 3.05) is 18.1 Å². The first-order chi connectivity index (χ1) is 10.4. The monoisotopic (exact) mass is 345 g/mol. The molecular formula is C14H19NO5S2. The Morgan fingerprint density at radius 2 is 2.23 bits per heavy atom. The van der Waals surface area contributed by atoms with Crippen molar-refractivity contribution in [3.8, 4) is 0 Å². The van der Waals surface area contributed by atoms with Crippen LogP contribution < -0.4 is 0 Å². The molecule has 0 unspecified atom stereocenters. The molecule has 1 amide bonds. The Balaban J connectivity index is 2.29. The van der Waals surface area contributed by atoms with Gasteiger partial charge in [-0.15, -0.1) is 0 Å². The van der Waals surface area contributed by atoms with E-state index < -0.39 is 27.8 Å². The van der Waals surface area contributed by atoms with E-state index in [2.05, 4.69) is 0 Å². The summed E-state index contributed by atoms with van der Waals surface area (Å²) in [5.74, 6) is -1.95. The summed E-state index contributed by atoms with van der Waals surface area (Å²) in [6.45, 7) is 1.60. The van der Waals surface area contributed by atoms with E-state index in [1.165, 1.54) is 16.2 Å². The van der Waals surface area contributed by atoms with Gasteiger partial charge in [0.05, 0.1) is 17.7 Å². The van der Waals surface area contributed by atoms with Gasteiger partial charge in [0.25, 0.3) is 0 Å². The first-order valence-electron chi connectivity index (χ1n) is 7.10. The fraction of sp³-hybridized carbons (Fsp3) is 0.571. The highest BCUT2D eigenvalue weighted by Gasteiger charge is 2.41. The molecule has 1 aliphatic heterocycles. The van der Waals surface area contributed by atoms with Crippen molar-refractivity contribution in [1.29, 1.82) is 0 Å². The van der Waals surface area contributed by atoms with Crippen molar-refractivity contribution in [3.05, 3.63) is 22.4 Å². The standard InChI is InChI=1S/C14H19NO5S2/c1-2-22(19,20)8-6-15-12(16)4-3-11(14(17)18)13(15)10-5-7-21-9-10/h5,7,9,11,13H,2-4,6,8H2,1H3,(H,17,18)/t11-,13+/m1/s1. The molecule has 122 valence electrons. The fourth-order valence-corrected chi connectivity index (χ4v) is 4.17. The van der Waals surface area contributed by atoms with E-state index in [4.69, 9.17) is 0 Å². The molecule has 2 rings (SSSR count). The van der Waals surface area contributed by atoms with Crippen LogP contribution in [0.5, 0.6) is 0 Å². The molecule has 1 aromatic rings. The number of piperidine rings is 1. The normalized spacial score (nSPS) is 22.8. The summed E-state index contributed by atoms with van der Waals surface area (Å²) in [4.78, 5) is 25.2. The van der Waals surface area contributed by atoms with Crippen LogP contribution in [0, 0.1) is 5.92 Å². The summed E-state index contributed by atoms with van der Waals surface area (Å²) in [6, 6.07) is 1.21. The van der Waals surface area contributed by atoms with E-state index in [9.17, 15) is 23.1 Å². The lowest BCUT2D eigenvalue weighted by Gasteiger charge is -2.39. The third kappa shape index (κ3) is 3.67. The topological polar surface area (TPSA) is 91.8 Å². The number of nitrogens with zero attached hydrogens (tertiary/aromatic N) is 1. The zero-order valence-corrected chi connectivity index (χ0v) is 13.9. The molecule has 0 aliphatic carbocycles. The van der Waals surface area contributed by atoms with E-state index in [0.717, 1.165) is 5.56 Å². The molecule has 1 aromatic heterocycles. The van der Waals surface area contributed by atoms with Crippen molar-refractivity contribution >= 4 is 33.1 Å². The minimum atomic E-state index is -3.21. The third-order valence-electron chi connectivity index (χ3n) is 3.99. The highest BCUT2D eigenvalue weighted by Crippen LogP contribution is 2.37. The van der Waals surface area contributed by atoms with Crippen LogP contribution in [0.25, 0.3) is 0 Å². The van der Waals surface area contributed by atoms with Crippen molar-refractivity contribution in [2.24, 2.45) is 5.92 Å². The fourth-order valence-electron chi connectivity index (χ4n) is 2.71. The lowest BCUT2D eigenvalue weighted by molar-refractivity contribution is -0.151. The Morgan fingerprint density at radius 1 is 1.50 bits per heavy atom. The molecule has 1 aliphatic rings. The van der Waals surface area contributed by atoms with Crippen molar-refractivity contribution in [2.45, 2.75) is 25.8 Å². The number of amides is 1. The molecule has 0 spiro atoms. The highest BCUT2D eigenvalue weighted by molar-refractivity contribution is 7.91. The van der Waals surface area contributed by atoms with Gasteiger partial charge >= 0.3 is 5.97 Å². The number of carbonyl (C=O) groups is 2. The van der Waals surface area contributed by atoms with Crippen LogP contribution in [-0.4, -0.2) is 48.4 Å². The zero-order chi connectivity index (χ0) is 16.3. The SMILES string of the molecule is CCS(=O)(=O)CCN1C(=O)CC[C@@H](C(=O)O)[C@@H]1c1ccsc1. The van der Waals surface area contributed by atoms with Gasteiger partial charge in [-0.25, -0.2) is 8.42 Å². The van der Waals surface area contributed by atoms with Gasteiger partial charge in [0.1, 0.15) is 0 Å². The summed E-state index contributed by atoms with van der Waals surface area (Å²) in [6.07, 6.45) is 0.426. The molecule has 0 bridgehead atoms. The largest absolute Gasteiger partial charge is 0.481 e. The van der Waals surface area contributed by atoms with Crippen LogP contribution in [0.15, 0.2) is 16.8 Å².